The Morgan fingerprint density at radius 1 is 1.00 bits per heavy atom. The summed E-state index contributed by atoms with van der Waals surface area (Å²) in [7, 11) is 0. The second-order valence-electron chi connectivity index (χ2n) is 5.40. The quantitative estimate of drug-likeness (QED) is 0.638. The van der Waals surface area contributed by atoms with Crippen LogP contribution in [0.1, 0.15) is 61.3 Å². The van der Waals surface area contributed by atoms with Crippen LogP contribution in [0.25, 0.3) is 0 Å². The van der Waals surface area contributed by atoms with E-state index in [1.54, 1.807) is 0 Å². The summed E-state index contributed by atoms with van der Waals surface area (Å²) in [6.07, 6.45) is 6.07. The lowest BCUT2D eigenvalue weighted by atomic mass is 9.94. The van der Waals surface area contributed by atoms with E-state index in [-0.39, 0.29) is 0 Å². The molecule has 0 fully saturated rings. The van der Waals surface area contributed by atoms with Gasteiger partial charge in [-0.2, -0.15) is 0 Å². The number of carbonyl (C=O) groups is 1. The van der Waals surface area contributed by atoms with Crippen molar-refractivity contribution in [3.63, 3.8) is 0 Å². The number of benzene rings is 1. The number of ketones is 1. The molecule has 0 saturated heterocycles. The maximum absolute atomic E-state index is 12.0. The highest BCUT2D eigenvalue weighted by molar-refractivity contribution is 5.81. The van der Waals surface area contributed by atoms with Gasteiger partial charge in [-0.3, -0.25) is 4.79 Å². The van der Waals surface area contributed by atoms with Crippen LogP contribution in [0, 0.1) is 20.8 Å². The highest BCUT2D eigenvalue weighted by Crippen LogP contribution is 2.18. The van der Waals surface area contributed by atoms with E-state index in [1.165, 1.54) is 41.5 Å². The van der Waals surface area contributed by atoms with Gasteiger partial charge >= 0.3 is 0 Å². The number of hydrogen-bond donors (Lipinski definition) is 0. The van der Waals surface area contributed by atoms with Crippen LogP contribution in [0.5, 0.6) is 0 Å². The SMILES string of the molecule is CCCCCCC(=O)Cc1c(C)cc(C)cc1C. The van der Waals surface area contributed by atoms with E-state index >= 15 is 0 Å². The molecule has 0 aromatic heterocycles. The van der Waals surface area contributed by atoms with Gasteiger partial charge in [-0.05, 0) is 43.9 Å². The number of aryl methyl sites for hydroxylation is 3. The van der Waals surface area contributed by atoms with Crippen molar-refractivity contribution in [1.29, 1.82) is 0 Å². The number of carbonyl (C=O) groups excluding carboxylic acids is 1. The Morgan fingerprint density at radius 3 is 2.17 bits per heavy atom. The summed E-state index contributed by atoms with van der Waals surface area (Å²) in [6.45, 7) is 8.52. The summed E-state index contributed by atoms with van der Waals surface area (Å²) >= 11 is 0. The van der Waals surface area contributed by atoms with Crippen LogP contribution in [0.3, 0.4) is 0 Å². The van der Waals surface area contributed by atoms with Gasteiger partial charge in [-0.25, -0.2) is 0 Å². The predicted octanol–water partition coefficient (Wildman–Crippen LogP) is 4.69. The molecule has 0 aliphatic rings. The summed E-state index contributed by atoms with van der Waals surface area (Å²) < 4.78 is 0. The fraction of sp³-hybridized carbons (Fsp3) is 0.588. The monoisotopic (exact) mass is 246 g/mol. The van der Waals surface area contributed by atoms with Crippen molar-refractivity contribution in [2.75, 3.05) is 0 Å². The molecule has 0 aliphatic heterocycles. The molecule has 0 amide bonds. The third-order valence-corrected chi connectivity index (χ3v) is 3.52. The first-order chi connectivity index (χ1) is 8.54. The normalized spacial score (nSPS) is 10.7. The van der Waals surface area contributed by atoms with Crippen molar-refractivity contribution in [3.8, 4) is 0 Å². The third-order valence-electron chi connectivity index (χ3n) is 3.52. The number of hydrogen-bond acceptors (Lipinski definition) is 1. The number of rotatable bonds is 7. The molecule has 1 heteroatoms. The third kappa shape index (κ3) is 4.64. The average Bonchev–Trinajstić information content (AvgIpc) is 2.29. The van der Waals surface area contributed by atoms with Gasteiger partial charge in [-0.15, -0.1) is 0 Å². The van der Waals surface area contributed by atoms with Crippen LogP contribution in [-0.2, 0) is 11.2 Å². The zero-order valence-corrected chi connectivity index (χ0v) is 12.3. The van der Waals surface area contributed by atoms with Gasteiger partial charge in [0.25, 0.3) is 0 Å². The van der Waals surface area contributed by atoms with E-state index in [0.717, 1.165) is 12.8 Å². The molecule has 1 rings (SSSR count). The lowest BCUT2D eigenvalue weighted by Gasteiger charge is -2.10. The zero-order valence-electron chi connectivity index (χ0n) is 12.3. The fourth-order valence-electron chi connectivity index (χ4n) is 2.52. The summed E-state index contributed by atoms with van der Waals surface area (Å²) in [5.41, 5.74) is 5.04. The largest absolute Gasteiger partial charge is 0.299 e. The molecule has 0 bridgehead atoms. The molecule has 100 valence electrons. The van der Waals surface area contributed by atoms with E-state index in [4.69, 9.17) is 0 Å². The second kappa shape index (κ2) is 7.35. The minimum Gasteiger partial charge on any atom is -0.299 e. The lowest BCUT2D eigenvalue weighted by Crippen LogP contribution is -2.06. The Hall–Kier alpha value is -1.11. The van der Waals surface area contributed by atoms with Gasteiger partial charge < -0.3 is 0 Å². The first kappa shape index (κ1) is 14.9. The Bertz CT molecular complexity index is 381. The summed E-state index contributed by atoms with van der Waals surface area (Å²) in [5.74, 6) is 0.390. The Kier molecular flexibility index (Phi) is 6.11. The Labute approximate surface area is 112 Å². The molecule has 0 aliphatic carbocycles. The van der Waals surface area contributed by atoms with Crippen molar-refractivity contribution < 1.29 is 4.79 Å². The lowest BCUT2D eigenvalue weighted by molar-refractivity contribution is -0.118. The minimum atomic E-state index is 0.390. The van der Waals surface area contributed by atoms with Gasteiger partial charge in [0.05, 0.1) is 0 Å². The smallest absolute Gasteiger partial charge is 0.137 e. The van der Waals surface area contributed by atoms with Crippen LogP contribution in [0.15, 0.2) is 12.1 Å². The summed E-state index contributed by atoms with van der Waals surface area (Å²) in [4.78, 5) is 12.0. The first-order valence-corrected chi connectivity index (χ1v) is 7.13. The molecule has 1 aromatic rings. The van der Waals surface area contributed by atoms with Crippen molar-refractivity contribution in [1.82, 2.24) is 0 Å². The van der Waals surface area contributed by atoms with Gasteiger partial charge in [0.2, 0.25) is 0 Å². The van der Waals surface area contributed by atoms with E-state index in [9.17, 15) is 4.79 Å². The zero-order chi connectivity index (χ0) is 13.5. The minimum absolute atomic E-state index is 0.390. The molecule has 0 spiro atoms. The Morgan fingerprint density at radius 2 is 1.61 bits per heavy atom. The van der Waals surface area contributed by atoms with Crippen LogP contribution in [-0.4, -0.2) is 5.78 Å². The molecular weight excluding hydrogens is 220 g/mol. The molecule has 0 N–H and O–H groups in total. The number of Topliss-reactive ketones (excluding diaryl/α,β-unsaturated/α-hetero) is 1. The molecule has 0 heterocycles. The van der Waals surface area contributed by atoms with E-state index in [1.807, 2.05) is 0 Å². The molecule has 0 radical (unpaired) electrons. The van der Waals surface area contributed by atoms with Crippen LogP contribution in [0.2, 0.25) is 0 Å². The fourth-order valence-corrected chi connectivity index (χ4v) is 2.52. The summed E-state index contributed by atoms with van der Waals surface area (Å²) in [6, 6.07) is 4.35. The molecule has 0 unspecified atom stereocenters. The summed E-state index contributed by atoms with van der Waals surface area (Å²) in [5, 5.41) is 0. The Balaban J connectivity index is 2.54. The maximum atomic E-state index is 12.0. The molecule has 18 heavy (non-hydrogen) atoms. The van der Waals surface area contributed by atoms with Gasteiger partial charge in [0, 0.05) is 12.8 Å². The van der Waals surface area contributed by atoms with Gasteiger partial charge in [-0.1, -0.05) is 43.9 Å². The average molecular weight is 246 g/mol. The van der Waals surface area contributed by atoms with Crippen LogP contribution in [0.4, 0.5) is 0 Å². The molecular formula is C17H26O. The second-order valence-corrected chi connectivity index (χ2v) is 5.40. The van der Waals surface area contributed by atoms with Crippen LogP contribution >= 0.6 is 0 Å². The van der Waals surface area contributed by atoms with E-state index in [2.05, 4.69) is 39.8 Å². The van der Waals surface area contributed by atoms with Crippen LogP contribution < -0.4 is 0 Å². The molecule has 1 nitrogen and oxygen atoms in total. The molecule has 1 aromatic carbocycles. The standard InChI is InChI=1S/C17H26O/c1-5-6-7-8-9-16(18)12-17-14(3)10-13(2)11-15(17)4/h10-11H,5-9,12H2,1-4H3. The number of unbranched alkanes of at least 4 members (excludes halogenated alkanes) is 3. The predicted molar refractivity (Wildman–Crippen MR) is 78.1 cm³/mol. The molecule has 0 saturated carbocycles. The van der Waals surface area contributed by atoms with Gasteiger partial charge in [0.15, 0.2) is 0 Å². The van der Waals surface area contributed by atoms with E-state index in [0.29, 0.717) is 12.2 Å². The van der Waals surface area contributed by atoms with Crippen molar-refractivity contribution in [2.24, 2.45) is 0 Å². The van der Waals surface area contributed by atoms with Crippen molar-refractivity contribution in [3.05, 3.63) is 34.4 Å². The topological polar surface area (TPSA) is 17.1 Å². The van der Waals surface area contributed by atoms with E-state index < -0.39 is 0 Å². The van der Waals surface area contributed by atoms with Crippen molar-refractivity contribution >= 4 is 5.78 Å². The van der Waals surface area contributed by atoms with Gasteiger partial charge in [0.1, 0.15) is 5.78 Å². The first-order valence-electron chi connectivity index (χ1n) is 7.13. The maximum Gasteiger partial charge on any atom is 0.137 e. The highest BCUT2D eigenvalue weighted by atomic mass is 16.1. The molecule has 0 atom stereocenters. The van der Waals surface area contributed by atoms with Crippen molar-refractivity contribution in [2.45, 2.75) is 66.2 Å². The highest BCUT2D eigenvalue weighted by Gasteiger charge is 2.09.